The molecule has 100 valence electrons. The Bertz CT molecular complexity index is 392. The summed E-state index contributed by atoms with van der Waals surface area (Å²) in [6.45, 7) is 2.84. The molecule has 1 unspecified atom stereocenters. The van der Waals surface area contributed by atoms with E-state index in [4.69, 9.17) is 23.2 Å². The van der Waals surface area contributed by atoms with Crippen LogP contribution < -0.4 is 5.32 Å². The summed E-state index contributed by atoms with van der Waals surface area (Å²) in [7, 11) is 0. The van der Waals surface area contributed by atoms with Crippen molar-refractivity contribution in [1.82, 2.24) is 5.32 Å². The van der Waals surface area contributed by atoms with E-state index in [2.05, 4.69) is 28.2 Å². The van der Waals surface area contributed by atoms with Crippen LogP contribution in [-0.2, 0) is 0 Å². The number of amides is 1. The Kier molecular flexibility index (Phi) is 7.05. The molecular formula is C13H16BrCl2NO. The highest BCUT2D eigenvalue weighted by molar-refractivity contribution is 9.09. The number of carbonyl (C=O) groups is 1. The van der Waals surface area contributed by atoms with Crippen LogP contribution in [0.3, 0.4) is 0 Å². The number of nitrogens with one attached hydrogen (secondary N) is 1. The van der Waals surface area contributed by atoms with Crippen molar-refractivity contribution in [3.05, 3.63) is 33.8 Å². The molecule has 1 atom stereocenters. The van der Waals surface area contributed by atoms with Gasteiger partial charge in [-0.2, -0.15) is 0 Å². The lowest BCUT2D eigenvalue weighted by molar-refractivity contribution is 0.0952. The van der Waals surface area contributed by atoms with Crippen LogP contribution in [0.1, 0.15) is 30.1 Å². The lowest BCUT2D eigenvalue weighted by Gasteiger charge is -2.08. The number of hydrogen-bond donors (Lipinski definition) is 1. The molecule has 1 rings (SSSR count). The van der Waals surface area contributed by atoms with Gasteiger partial charge in [-0.3, -0.25) is 4.79 Å². The molecule has 5 heteroatoms. The standard InChI is InChI=1S/C13H16BrCl2NO/c1-9(8-14)3-2-4-17-13(18)10-5-11(15)7-12(16)6-10/h5-7,9H,2-4,8H2,1H3,(H,17,18). The molecule has 2 nitrogen and oxygen atoms in total. The second kappa shape index (κ2) is 8.03. The lowest BCUT2D eigenvalue weighted by Crippen LogP contribution is -2.24. The van der Waals surface area contributed by atoms with Crippen LogP contribution in [0.4, 0.5) is 0 Å². The first kappa shape index (κ1) is 15.8. The van der Waals surface area contributed by atoms with Crippen molar-refractivity contribution in [2.24, 2.45) is 5.92 Å². The van der Waals surface area contributed by atoms with Gasteiger partial charge in [-0.15, -0.1) is 0 Å². The van der Waals surface area contributed by atoms with E-state index in [1.54, 1.807) is 18.2 Å². The van der Waals surface area contributed by atoms with Crippen LogP contribution >= 0.6 is 39.1 Å². The Hall–Kier alpha value is -0.250. The third-order valence-corrected chi connectivity index (χ3v) is 4.09. The summed E-state index contributed by atoms with van der Waals surface area (Å²) in [5, 5.41) is 4.80. The highest BCUT2D eigenvalue weighted by Crippen LogP contribution is 2.19. The van der Waals surface area contributed by atoms with Crippen LogP contribution in [0.2, 0.25) is 10.0 Å². The van der Waals surface area contributed by atoms with Gasteiger partial charge in [-0.25, -0.2) is 0 Å². The fraction of sp³-hybridized carbons (Fsp3) is 0.462. The maximum atomic E-state index is 11.8. The van der Waals surface area contributed by atoms with E-state index in [1.807, 2.05) is 0 Å². The van der Waals surface area contributed by atoms with Crippen LogP contribution in [0.15, 0.2) is 18.2 Å². The van der Waals surface area contributed by atoms with Crippen molar-refractivity contribution in [2.75, 3.05) is 11.9 Å². The largest absolute Gasteiger partial charge is 0.352 e. The molecule has 0 saturated carbocycles. The summed E-state index contributed by atoms with van der Waals surface area (Å²) >= 11 is 15.1. The highest BCUT2D eigenvalue weighted by atomic mass is 79.9. The molecule has 0 aliphatic heterocycles. The second-order valence-electron chi connectivity index (χ2n) is 4.32. The van der Waals surface area contributed by atoms with Gasteiger partial charge in [-0.05, 0) is 37.0 Å². The monoisotopic (exact) mass is 351 g/mol. The van der Waals surface area contributed by atoms with Gasteiger partial charge in [0.25, 0.3) is 5.91 Å². The number of carbonyl (C=O) groups excluding carboxylic acids is 1. The molecule has 1 aromatic carbocycles. The Morgan fingerprint density at radius 1 is 1.33 bits per heavy atom. The Labute approximate surface area is 126 Å². The molecule has 0 bridgehead atoms. The van der Waals surface area contributed by atoms with Crippen molar-refractivity contribution in [2.45, 2.75) is 19.8 Å². The quantitative estimate of drug-likeness (QED) is 0.591. The topological polar surface area (TPSA) is 29.1 Å². The Morgan fingerprint density at radius 3 is 2.50 bits per heavy atom. The molecule has 1 aromatic rings. The fourth-order valence-electron chi connectivity index (χ4n) is 1.52. The van der Waals surface area contributed by atoms with Gasteiger partial charge >= 0.3 is 0 Å². The normalized spacial score (nSPS) is 12.2. The predicted octanol–water partition coefficient (Wildman–Crippen LogP) is 4.53. The molecule has 18 heavy (non-hydrogen) atoms. The second-order valence-corrected chi connectivity index (χ2v) is 5.84. The van der Waals surface area contributed by atoms with Crippen LogP contribution in [0.25, 0.3) is 0 Å². The molecule has 0 aromatic heterocycles. The van der Waals surface area contributed by atoms with E-state index in [1.165, 1.54) is 0 Å². The third-order valence-electron chi connectivity index (χ3n) is 2.55. The first-order valence-electron chi connectivity index (χ1n) is 5.83. The molecule has 1 N–H and O–H groups in total. The maximum absolute atomic E-state index is 11.8. The zero-order valence-corrected chi connectivity index (χ0v) is 13.3. The minimum atomic E-state index is -0.133. The van der Waals surface area contributed by atoms with E-state index in [9.17, 15) is 4.79 Å². The molecule has 0 aliphatic rings. The van der Waals surface area contributed by atoms with E-state index in [-0.39, 0.29) is 5.91 Å². The first-order chi connectivity index (χ1) is 8.52. The summed E-state index contributed by atoms with van der Waals surface area (Å²) in [6, 6.07) is 4.84. The van der Waals surface area contributed by atoms with Gasteiger partial charge in [0.15, 0.2) is 0 Å². The lowest BCUT2D eigenvalue weighted by atomic mass is 10.1. The van der Waals surface area contributed by atoms with E-state index in [0.717, 1.165) is 18.2 Å². The first-order valence-corrected chi connectivity index (χ1v) is 7.71. The van der Waals surface area contributed by atoms with Gasteiger partial charge in [0.05, 0.1) is 0 Å². The third kappa shape index (κ3) is 5.59. The smallest absolute Gasteiger partial charge is 0.251 e. The number of halogens is 3. The van der Waals surface area contributed by atoms with Crippen LogP contribution in [0.5, 0.6) is 0 Å². The molecule has 0 saturated heterocycles. The van der Waals surface area contributed by atoms with Crippen LogP contribution in [0, 0.1) is 5.92 Å². The van der Waals surface area contributed by atoms with Crippen molar-refractivity contribution in [3.8, 4) is 0 Å². The molecule has 0 spiro atoms. The Balaban J connectivity index is 2.41. The minimum Gasteiger partial charge on any atom is -0.352 e. The van der Waals surface area contributed by atoms with Gasteiger partial charge in [0, 0.05) is 27.5 Å². The van der Waals surface area contributed by atoms with Gasteiger partial charge in [0.1, 0.15) is 0 Å². The SMILES string of the molecule is CC(CBr)CCCNC(=O)c1cc(Cl)cc(Cl)c1. The number of alkyl halides is 1. The van der Waals surface area contributed by atoms with Crippen molar-refractivity contribution in [1.29, 1.82) is 0 Å². The summed E-state index contributed by atoms with van der Waals surface area (Å²) in [4.78, 5) is 11.8. The van der Waals surface area contributed by atoms with Crippen molar-refractivity contribution in [3.63, 3.8) is 0 Å². The average molecular weight is 353 g/mol. The Morgan fingerprint density at radius 2 is 1.94 bits per heavy atom. The summed E-state index contributed by atoms with van der Waals surface area (Å²) < 4.78 is 0. The average Bonchev–Trinajstić information content (AvgIpc) is 2.32. The minimum absolute atomic E-state index is 0.133. The predicted molar refractivity (Wildman–Crippen MR) is 81.0 cm³/mol. The van der Waals surface area contributed by atoms with Crippen LogP contribution in [-0.4, -0.2) is 17.8 Å². The summed E-state index contributed by atoms with van der Waals surface area (Å²) in [5.74, 6) is 0.494. The van der Waals surface area contributed by atoms with E-state index < -0.39 is 0 Å². The van der Waals surface area contributed by atoms with E-state index >= 15 is 0 Å². The van der Waals surface area contributed by atoms with Gasteiger partial charge in [-0.1, -0.05) is 46.1 Å². The number of benzene rings is 1. The zero-order valence-electron chi connectivity index (χ0n) is 10.2. The molecule has 0 radical (unpaired) electrons. The number of rotatable bonds is 6. The molecular weight excluding hydrogens is 337 g/mol. The maximum Gasteiger partial charge on any atom is 0.251 e. The van der Waals surface area contributed by atoms with Crippen molar-refractivity contribution < 1.29 is 4.79 Å². The fourth-order valence-corrected chi connectivity index (χ4v) is 2.37. The molecule has 0 heterocycles. The molecule has 0 aliphatic carbocycles. The summed E-state index contributed by atoms with van der Waals surface area (Å²) in [5.41, 5.74) is 0.501. The zero-order chi connectivity index (χ0) is 13.5. The molecule has 0 fully saturated rings. The van der Waals surface area contributed by atoms with Crippen molar-refractivity contribution >= 4 is 45.0 Å². The number of hydrogen-bond acceptors (Lipinski definition) is 1. The van der Waals surface area contributed by atoms with Gasteiger partial charge < -0.3 is 5.32 Å². The highest BCUT2D eigenvalue weighted by Gasteiger charge is 2.07. The summed E-state index contributed by atoms with van der Waals surface area (Å²) in [6.07, 6.45) is 2.05. The molecule has 1 amide bonds. The van der Waals surface area contributed by atoms with E-state index in [0.29, 0.717) is 28.1 Å². The van der Waals surface area contributed by atoms with Gasteiger partial charge in [0.2, 0.25) is 0 Å².